The van der Waals surface area contributed by atoms with Crippen LogP contribution in [0, 0.1) is 0 Å². The molecule has 2 aliphatic carbocycles. The molecule has 0 amide bonds. The molecule has 0 saturated carbocycles. The highest BCUT2D eigenvalue weighted by Gasteiger charge is 2.39. The molecule has 0 nitrogen and oxygen atoms in total. The van der Waals surface area contributed by atoms with Gasteiger partial charge in [0.2, 0.25) is 0 Å². The molecular formula is C65H42. The zero-order valence-electron chi connectivity index (χ0n) is 36.3. The summed E-state index contributed by atoms with van der Waals surface area (Å²) in [6, 6.07) is 81.9. The van der Waals surface area contributed by atoms with Gasteiger partial charge in [-0.05, 0) is 167 Å². The molecule has 0 unspecified atom stereocenters. The molecule has 0 N–H and O–H groups in total. The second-order valence-corrected chi connectivity index (χ2v) is 18.7. The quantitative estimate of drug-likeness (QED) is 0.155. The molecule has 0 spiro atoms. The van der Waals surface area contributed by atoms with E-state index in [0.717, 1.165) is 0 Å². The Hall–Kier alpha value is -8.06. The van der Waals surface area contributed by atoms with Gasteiger partial charge in [0.25, 0.3) is 0 Å². The Bertz CT molecular complexity index is 3910. The Labute approximate surface area is 378 Å². The standard InChI is InChI=1S/C65H42/c1-65(2)57-38-43-22-10-9-21-42(43)37-56(57)61-49-26-12-11-25-47(49)55-36-44(31-32-52(55)64(61)65)41-23-15-24-45(35-41)46-33-34-54-60-48(46)29-16-30-53(60)62-58(39-17-5-3-6-18-39)50-27-13-14-28-51(50)59(63(54)62)40-19-7-4-8-20-40/h3-38H,1-2H3. The molecule has 0 atom stereocenters. The van der Waals surface area contributed by atoms with Crippen molar-refractivity contribution in [2.45, 2.75) is 19.3 Å². The summed E-state index contributed by atoms with van der Waals surface area (Å²) in [5.74, 6) is 0. The Kier molecular flexibility index (Phi) is 7.55. The van der Waals surface area contributed by atoms with Crippen LogP contribution < -0.4 is 0 Å². The van der Waals surface area contributed by atoms with E-state index in [2.05, 4.69) is 232 Å². The van der Waals surface area contributed by atoms with Crippen LogP contribution in [0.2, 0.25) is 0 Å². The third kappa shape index (κ3) is 5.08. The Morgan fingerprint density at radius 2 is 0.769 bits per heavy atom. The highest BCUT2D eigenvalue weighted by molar-refractivity contribution is 6.29. The minimum atomic E-state index is -0.149. The van der Waals surface area contributed by atoms with E-state index in [-0.39, 0.29) is 5.41 Å². The van der Waals surface area contributed by atoms with Crippen molar-refractivity contribution < 1.29 is 0 Å². The molecule has 12 aromatic rings. The Morgan fingerprint density at radius 1 is 0.262 bits per heavy atom. The van der Waals surface area contributed by atoms with Crippen LogP contribution in [0.1, 0.15) is 25.0 Å². The van der Waals surface area contributed by atoms with Crippen LogP contribution in [-0.2, 0) is 5.41 Å². The lowest BCUT2D eigenvalue weighted by molar-refractivity contribution is 0.667. The van der Waals surface area contributed by atoms with Crippen LogP contribution in [0.25, 0.3) is 132 Å². The van der Waals surface area contributed by atoms with Gasteiger partial charge in [-0.25, -0.2) is 0 Å². The van der Waals surface area contributed by atoms with E-state index in [4.69, 9.17) is 0 Å². The second kappa shape index (κ2) is 13.5. The fourth-order valence-electron chi connectivity index (χ4n) is 12.1. The molecule has 0 heterocycles. The van der Waals surface area contributed by atoms with Crippen LogP contribution in [0.5, 0.6) is 0 Å². The molecule has 12 aromatic carbocycles. The van der Waals surface area contributed by atoms with Crippen molar-refractivity contribution in [1.29, 1.82) is 0 Å². The maximum absolute atomic E-state index is 2.46. The van der Waals surface area contributed by atoms with Gasteiger partial charge < -0.3 is 0 Å². The molecule has 0 heteroatoms. The van der Waals surface area contributed by atoms with Gasteiger partial charge in [0, 0.05) is 5.41 Å². The molecule has 0 bridgehead atoms. The highest BCUT2D eigenvalue weighted by atomic mass is 14.4. The van der Waals surface area contributed by atoms with E-state index in [0.29, 0.717) is 0 Å². The van der Waals surface area contributed by atoms with Gasteiger partial charge in [0.15, 0.2) is 0 Å². The fraction of sp³-hybridized carbons (Fsp3) is 0.0462. The van der Waals surface area contributed by atoms with E-state index in [1.165, 1.54) is 143 Å². The van der Waals surface area contributed by atoms with Gasteiger partial charge in [-0.2, -0.15) is 0 Å². The zero-order chi connectivity index (χ0) is 43.0. The minimum Gasteiger partial charge on any atom is -0.0622 e. The molecule has 0 aliphatic heterocycles. The molecular weight excluding hydrogens is 781 g/mol. The molecule has 14 rings (SSSR count). The summed E-state index contributed by atoms with van der Waals surface area (Å²) in [5.41, 5.74) is 20.7. The summed E-state index contributed by atoms with van der Waals surface area (Å²) < 4.78 is 0. The topological polar surface area (TPSA) is 0 Å². The number of hydrogen-bond donors (Lipinski definition) is 0. The first-order chi connectivity index (χ1) is 32.0. The lowest BCUT2D eigenvalue weighted by Crippen LogP contribution is -2.15. The van der Waals surface area contributed by atoms with Gasteiger partial charge in [0.1, 0.15) is 0 Å². The van der Waals surface area contributed by atoms with Crippen molar-refractivity contribution in [2.24, 2.45) is 0 Å². The maximum atomic E-state index is 2.46. The summed E-state index contributed by atoms with van der Waals surface area (Å²) in [6.45, 7) is 4.84. The number of fused-ring (bicyclic) bond motifs is 13. The van der Waals surface area contributed by atoms with E-state index >= 15 is 0 Å². The summed E-state index contributed by atoms with van der Waals surface area (Å²) in [5, 5.41) is 13.1. The number of rotatable bonds is 4. The van der Waals surface area contributed by atoms with E-state index < -0.39 is 0 Å². The van der Waals surface area contributed by atoms with Crippen molar-refractivity contribution in [3.8, 4) is 77.9 Å². The smallest absolute Gasteiger partial charge is 0.0165 e. The van der Waals surface area contributed by atoms with Crippen LogP contribution in [0.4, 0.5) is 0 Å². The molecule has 0 radical (unpaired) electrons. The molecule has 0 aromatic heterocycles. The first-order valence-corrected chi connectivity index (χ1v) is 22.9. The summed E-state index contributed by atoms with van der Waals surface area (Å²) in [6.07, 6.45) is 0. The Morgan fingerprint density at radius 3 is 1.46 bits per heavy atom. The second-order valence-electron chi connectivity index (χ2n) is 18.7. The SMILES string of the molecule is CC1(C)c2cc3ccccc3cc2-c2c1c1ccc(-c3cccc(-c4ccc5c6c(cccc46)-c4c-5c(-c5ccccc5)c5ccccc5c4-c4ccccc4)c3)cc1c1ccccc21. The van der Waals surface area contributed by atoms with E-state index in [9.17, 15) is 0 Å². The highest BCUT2D eigenvalue weighted by Crippen LogP contribution is 2.59. The van der Waals surface area contributed by atoms with Crippen LogP contribution in [0.3, 0.4) is 0 Å². The average molecular weight is 823 g/mol. The monoisotopic (exact) mass is 822 g/mol. The summed E-state index contributed by atoms with van der Waals surface area (Å²) in [7, 11) is 0. The number of benzene rings is 12. The predicted octanol–water partition coefficient (Wildman–Crippen LogP) is 18.1. The molecule has 65 heavy (non-hydrogen) atoms. The molecule has 2 aliphatic rings. The van der Waals surface area contributed by atoms with Gasteiger partial charge in [0.05, 0.1) is 0 Å². The lowest BCUT2D eigenvalue weighted by Gasteiger charge is -2.24. The molecule has 0 saturated heterocycles. The lowest BCUT2D eigenvalue weighted by atomic mass is 9.78. The van der Waals surface area contributed by atoms with Crippen molar-refractivity contribution >= 4 is 53.9 Å². The van der Waals surface area contributed by atoms with Gasteiger partial charge in [-0.15, -0.1) is 0 Å². The first kappa shape index (κ1) is 36.4. The van der Waals surface area contributed by atoms with Gasteiger partial charge >= 0.3 is 0 Å². The number of hydrogen-bond acceptors (Lipinski definition) is 0. The maximum Gasteiger partial charge on any atom is 0.0165 e. The first-order valence-electron chi connectivity index (χ1n) is 22.9. The molecule has 0 fully saturated rings. The van der Waals surface area contributed by atoms with Crippen molar-refractivity contribution in [2.75, 3.05) is 0 Å². The van der Waals surface area contributed by atoms with Crippen LogP contribution >= 0.6 is 0 Å². The van der Waals surface area contributed by atoms with E-state index in [1.807, 2.05) is 0 Å². The minimum absolute atomic E-state index is 0.149. The summed E-state index contributed by atoms with van der Waals surface area (Å²) in [4.78, 5) is 0. The van der Waals surface area contributed by atoms with Gasteiger partial charge in [-0.3, -0.25) is 0 Å². The van der Waals surface area contributed by atoms with Crippen molar-refractivity contribution in [1.82, 2.24) is 0 Å². The molecule has 302 valence electrons. The third-order valence-electron chi connectivity index (χ3n) is 14.9. The largest absolute Gasteiger partial charge is 0.0622 e. The Balaban J connectivity index is 0.958. The zero-order valence-corrected chi connectivity index (χ0v) is 36.3. The third-order valence-corrected chi connectivity index (χ3v) is 14.9. The van der Waals surface area contributed by atoms with Crippen LogP contribution in [0.15, 0.2) is 218 Å². The van der Waals surface area contributed by atoms with Crippen molar-refractivity contribution in [3.05, 3.63) is 230 Å². The van der Waals surface area contributed by atoms with Crippen LogP contribution in [-0.4, -0.2) is 0 Å². The predicted molar refractivity (Wildman–Crippen MR) is 278 cm³/mol. The fourth-order valence-corrected chi connectivity index (χ4v) is 12.1. The normalized spacial score (nSPS) is 13.2. The van der Waals surface area contributed by atoms with Gasteiger partial charge in [-0.1, -0.05) is 208 Å². The van der Waals surface area contributed by atoms with Crippen molar-refractivity contribution in [3.63, 3.8) is 0 Å². The average Bonchev–Trinajstić information content (AvgIpc) is 3.81. The van der Waals surface area contributed by atoms with E-state index in [1.54, 1.807) is 0 Å². The summed E-state index contributed by atoms with van der Waals surface area (Å²) >= 11 is 0.